The first-order valence-corrected chi connectivity index (χ1v) is 10.7. The third-order valence-corrected chi connectivity index (χ3v) is 6.48. The number of hydrogen-bond donors (Lipinski definition) is 0. The zero-order valence-corrected chi connectivity index (χ0v) is 16.6. The Hall–Kier alpha value is -1.47. The second-order valence-corrected chi connectivity index (χ2v) is 8.38. The number of carbonyl (C=O) groups is 1. The van der Waals surface area contributed by atoms with Crippen LogP contribution in [0.15, 0.2) is 0 Å². The molecular weight excluding hydrogens is 342 g/mol. The van der Waals surface area contributed by atoms with Gasteiger partial charge in [-0.2, -0.15) is 0 Å². The number of likely N-dealkylation sites (tertiary alicyclic amines) is 2. The van der Waals surface area contributed by atoms with Crippen LogP contribution in [0.2, 0.25) is 0 Å². The van der Waals surface area contributed by atoms with E-state index in [1.807, 2.05) is 0 Å². The van der Waals surface area contributed by atoms with Crippen LogP contribution >= 0.6 is 0 Å². The predicted molar refractivity (Wildman–Crippen MR) is 102 cm³/mol. The molecule has 3 aliphatic rings. The summed E-state index contributed by atoms with van der Waals surface area (Å²) < 4.78 is 7.59. The van der Waals surface area contributed by atoms with Gasteiger partial charge in [0.2, 0.25) is 5.91 Å². The Balaban J connectivity index is 1.39. The van der Waals surface area contributed by atoms with Gasteiger partial charge in [-0.3, -0.25) is 9.69 Å². The van der Waals surface area contributed by atoms with E-state index in [9.17, 15) is 4.79 Å². The Labute approximate surface area is 162 Å². The van der Waals surface area contributed by atoms with Crippen molar-refractivity contribution in [2.75, 3.05) is 39.4 Å². The highest BCUT2D eigenvalue weighted by molar-refractivity contribution is 5.79. The number of nitrogens with zero attached hydrogens (tertiary/aromatic N) is 5. The number of amides is 1. The highest BCUT2D eigenvalue weighted by Gasteiger charge is 2.32. The molecule has 3 fully saturated rings. The second kappa shape index (κ2) is 8.69. The van der Waals surface area contributed by atoms with Crippen molar-refractivity contribution in [3.8, 4) is 0 Å². The van der Waals surface area contributed by atoms with E-state index in [0.717, 1.165) is 70.2 Å². The molecule has 1 atom stereocenters. The van der Waals surface area contributed by atoms with Crippen LogP contribution in [0.25, 0.3) is 0 Å². The molecular formula is C20H33N5O2. The summed E-state index contributed by atoms with van der Waals surface area (Å²) in [7, 11) is 2.09. The largest absolute Gasteiger partial charge is 0.381 e. The number of carbonyl (C=O) groups excluding carboxylic acids is 1. The van der Waals surface area contributed by atoms with Crippen LogP contribution in [0, 0.1) is 5.92 Å². The third kappa shape index (κ3) is 4.35. The summed E-state index contributed by atoms with van der Waals surface area (Å²) in [6.07, 6.45) is 7.79. The van der Waals surface area contributed by atoms with Gasteiger partial charge in [0.1, 0.15) is 11.6 Å². The van der Waals surface area contributed by atoms with Gasteiger partial charge in [-0.1, -0.05) is 6.42 Å². The second-order valence-electron chi connectivity index (χ2n) is 8.38. The smallest absolute Gasteiger partial charge is 0.225 e. The van der Waals surface area contributed by atoms with Crippen LogP contribution in [0.5, 0.6) is 0 Å². The summed E-state index contributed by atoms with van der Waals surface area (Å²) in [5.41, 5.74) is 0. The number of aromatic nitrogens is 3. The zero-order chi connectivity index (χ0) is 18.6. The number of rotatable bonds is 4. The molecule has 0 radical (unpaired) electrons. The molecule has 7 heteroatoms. The molecule has 27 heavy (non-hydrogen) atoms. The molecule has 3 aliphatic heterocycles. The van der Waals surface area contributed by atoms with Gasteiger partial charge in [-0.15, -0.1) is 10.2 Å². The zero-order valence-electron chi connectivity index (χ0n) is 16.6. The van der Waals surface area contributed by atoms with Gasteiger partial charge in [-0.25, -0.2) is 0 Å². The molecule has 0 saturated carbocycles. The maximum Gasteiger partial charge on any atom is 0.225 e. The van der Waals surface area contributed by atoms with Crippen LogP contribution < -0.4 is 0 Å². The molecule has 0 unspecified atom stereocenters. The third-order valence-electron chi connectivity index (χ3n) is 6.48. The van der Waals surface area contributed by atoms with Crippen LogP contribution in [0.1, 0.15) is 62.5 Å². The van der Waals surface area contributed by atoms with E-state index in [2.05, 4.69) is 31.6 Å². The standard InChI is InChI=1S/C20H33N5O2/c1-23-18(15-24-9-3-2-4-10-24)21-22-19(23)17-6-5-11-25(14-17)20(26)16-7-12-27-13-8-16/h16-17H,2-15H2,1H3/t17-/m0/s1. The monoisotopic (exact) mass is 375 g/mol. The van der Waals surface area contributed by atoms with Crippen molar-refractivity contribution in [2.24, 2.45) is 13.0 Å². The van der Waals surface area contributed by atoms with Crippen molar-refractivity contribution in [1.29, 1.82) is 0 Å². The van der Waals surface area contributed by atoms with Gasteiger partial charge in [0.05, 0.1) is 6.54 Å². The Morgan fingerprint density at radius 3 is 2.59 bits per heavy atom. The summed E-state index contributed by atoms with van der Waals surface area (Å²) >= 11 is 0. The Morgan fingerprint density at radius 2 is 1.81 bits per heavy atom. The lowest BCUT2D eigenvalue weighted by Crippen LogP contribution is -2.44. The molecule has 1 amide bonds. The quantitative estimate of drug-likeness (QED) is 0.805. The minimum Gasteiger partial charge on any atom is -0.381 e. The summed E-state index contributed by atoms with van der Waals surface area (Å²) in [6.45, 7) is 6.32. The first-order valence-electron chi connectivity index (χ1n) is 10.7. The molecule has 1 aromatic heterocycles. The molecule has 4 heterocycles. The molecule has 7 nitrogen and oxygen atoms in total. The predicted octanol–water partition coefficient (Wildman–Crippen LogP) is 1.93. The average Bonchev–Trinajstić information content (AvgIpc) is 3.09. The topological polar surface area (TPSA) is 63.5 Å². The number of piperidine rings is 2. The summed E-state index contributed by atoms with van der Waals surface area (Å²) in [6, 6.07) is 0. The first-order chi connectivity index (χ1) is 13.2. The van der Waals surface area contributed by atoms with E-state index in [-0.39, 0.29) is 5.92 Å². The molecule has 1 aromatic rings. The van der Waals surface area contributed by atoms with Crippen LogP contribution in [-0.4, -0.2) is 69.9 Å². The molecule has 4 rings (SSSR count). The average molecular weight is 376 g/mol. The van der Waals surface area contributed by atoms with E-state index >= 15 is 0 Å². The lowest BCUT2D eigenvalue weighted by Gasteiger charge is -2.35. The van der Waals surface area contributed by atoms with Crippen LogP contribution in [-0.2, 0) is 23.1 Å². The summed E-state index contributed by atoms with van der Waals surface area (Å²) in [5.74, 6) is 2.87. The van der Waals surface area contributed by atoms with Gasteiger partial charge in [0.25, 0.3) is 0 Å². The van der Waals surface area contributed by atoms with Crippen molar-refractivity contribution in [3.05, 3.63) is 11.6 Å². The van der Waals surface area contributed by atoms with Gasteiger partial charge in [0.15, 0.2) is 0 Å². The van der Waals surface area contributed by atoms with Gasteiger partial charge in [-0.05, 0) is 51.6 Å². The Morgan fingerprint density at radius 1 is 1.04 bits per heavy atom. The fourth-order valence-electron chi connectivity index (χ4n) is 4.78. The molecule has 3 saturated heterocycles. The van der Waals surface area contributed by atoms with E-state index in [1.165, 1.54) is 32.4 Å². The normalized spacial score (nSPS) is 25.7. The minimum absolute atomic E-state index is 0.145. The van der Waals surface area contributed by atoms with E-state index in [4.69, 9.17) is 4.74 Å². The summed E-state index contributed by atoms with van der Waals surface area (Å²) in [4.78, 5) is 17.5. The van der Waals surface area contributed by atoms with Crippen molar-refractivity contribution in [3.63, 3.8) is 0 Å². The van der Waals surface area contributed by atoms with Crippen molar-refractivity contribution >= 4 is 5.91 Å². The highest BCUT2D eigenvalue weighted by atomic mass is 16.5. The summed E-state index contributed by atoms with van der Waals surface area (Å²) in [5, 5.41) is 9.04. The highest BCUT2D eigenvalue weighted by Crippen LogP contribution is 2.28. The lowest BCUT2D eigenvalue weighted by atomic mass is 9.93. The number of hydrogen-bond acceptors (Lipinski definition) is 5. The van der Waals surface area contributed by atoms with Crippen molar-refractivity contribution < 1.29 is 9.53 Å². The maximum atomic E-state index is 12.9. The SMILES string of the molecule is Cn1c(CN2CCCCC2)nnc1[C@H]1CCCN(C(=O)C2CCOCC2)C1. The van der Waals surface area contributed by atoms with Crippen LogP contribution in [0.4, 0.5) is 0 Å². The first kappa shape index (κ1) is 18.9. The Kier molecular flexibility index (Phi) is 6.08. The molecule has 0 aromatic carbocycles. The van der Waals surface area contributed by atoms with Gasteiger partial charge in [0, 0.05) is 45.2 Å². The van der Waals surface area contributed by atoms with Crippen molar-refractivity contribution in [2.45, 2.75) is 57.4 Å². The fourth-order valence-corrected chi connectivity index (χ4v) is 4.78. The maximum absolute atomic E-state index is 12.9. The van der Waals surface area contributed by atoms with Crippen molar-refractivity contribution in [1.82, 2.24) is 24.6 Å². The molecule has 0 N–H and O–H groups in total. The lowest BCUT2D eigenvalue weighted by molar-refractivity contribution is -0.139. The van der Waals surface area contributed by atoms with E-state index < -0.39 is 0 Å². The van der Waals surface area contributed by atoms with E-state index in [0.29, 0.717) is 11.8 Å². The molecule has 0 bridgehead atoms. The Bertz CT molecular complexity index is 634. The molecule has 150 valence electrons. The van der Waals surface area contributed by atoms with Crippen LogP contribution in [0.3, 0.4) is 0 Å². The number of ether oxygens (including phenoxy) is 1. The van der Waals surface area contributed by atoms with Gasteiger partial charge >= 0.3 is 0 Å². The molecule has 0 aliphatic carbocycles. The molecule has 0 spiro atoms. The van der Waals surface area contributed by atoms with Gasteiger partial charge < -0.3 is 14.2 Å². The minimum atomic E-state index is 0.145. The fraction of sp³-hybridized carbons (Fsp3) is 0.850. The van der Waals surface area contributed by atoms with E-state index in [1.54, 1.807) is 0 Å².